The number of carbonyl (C=O) groups is 4. The van der Waals surface area contributed by atoms with E-state index < -0.39 is 42.4 Å². The lowest BCUT2D eigenvalue weighted by atomic mass is 10.1. The van der Waals surface area contributed by atoms with Crippen LogP contribution in [0.4, 0.5) is 0 Å². The SMILES string of the molecule is CSCCCCCCCC/C(=N\O)SC[C@H](NC(=O)CC[C@H]([NH3+])C(=O)[O-])C(=O)NCC(=O)[O-]. The van der Waals surface area contributed by atoms with Crippen LogP contribution in [0, 0.1) is 0 Å². The molecule has 0 aliphatic heterocycles. The number of thioether (sulfide) groups is 2. The molecule has 11 nitrogen and oxygen atoms in total. The molecule has 0 fully saturated rings. The molecular weight excluding hydrogens is 472 g/mol. The summed E-state index contributed by atoms with van der Waals surface area (Å²) in [7, 11) is 0. The maximum Gasteiger partial charge on any atom is 0.243 e. The fraction of sp³-hybridized carbons (Fsp3) is 0.750. The molecule has 13 heteroatoms. The first-order valence-electron chi connectivity index (χ1n) is 10.8. The molecule has 0 saturated heterocycles. The van der Waals surface area contributed by atoms with Crippen molar-refractivity contribution >= 4 is 52.3 Å². The summed E-state index contributed by atoms with van der Waals surface area (Å²) >= 11 is 2.92. The highest BCUT2D eigenvalue weighted by molar-refractivity contribution is 8.14. The zero-order valence-electron chi connectivity index (χ0n) is 19.0. The van der Waals surface area contributed by atoms with Gasteiger partial charge in [0.15, 0.2) is 0 Å². The average molecular weight is 508 g/mol. The molecule has 0 aromatic heterocycles. The van der Waals surface area contributed by atoms with Crippen LogP contribution in [0.5, 0.6) is 0 Å². The molecule has 2 atom stereocenters. The Bertz CT molecular complexity index is 650. The van der Waals surface area contributed by atoms with Crippen LogP contribution in [0.3, 0.4) is 0 Å². The second-order valence-corrected chi connectivity index (χ2v) is 9.51. The first-order valence-corrected chi connectivity index (χ1v) is 13.2. The maximum atomic E-state index is 12.3. The van der Waals surface area contributed by atoms with Crippen LogP contribution in [0.25, 0.3) is 0 Å². The van der Waals surface area contributed by atoms with Gasteiger partial charge in [-0.3, -0.25) is 9.59 Å². The average Bonchev–Trinajstić information content (AvgIpc) is 2.78. The smallest absolute Gasteiger partial charge is 0.243 e. The second kappa shape index (κ2) is 19.5. The topological polar surface area (TPSA) is 199 Å². The first kappa shape index (κ1) is 31.0. The number of carbonyl (C=O) groups excluding carboxylic acids is 4. The number of amides is 2. The van der Waals surface area contributed by atoms with Crippen molar-refractivity contribution in [2.45, 2.75) is 69.9 Å². The Morgan fingerprint density at radius 3 is 2.24 bits per heavy atom. The van der Waals surface area contributed by atoms with E-state index >= 15 is 0 Å². The Hall–Kier alpha value is -1.99. The lowest BCUT2D eigenvalue weighted by molar-refractivity contribution is -0.438. The van der Waals surface area contributed by atoms with E-state index in [4.69, 9.17) is 0 Å². The number of nitrogens with one attached hydrogen (secondary N) is 2. The summed E-state index contributed by atoms with van der Waals surface area (Å²) in [4.78, 5) is 45.7. The van der Waals surface area contributed by atoms with Gasteiger partial charge < -0.3 is 41.4 Å². The van der Waals surface area contributed by atoms with Crippen LogP contribution in [-0.2, 0) is 19.2 Å². The molecule has 0 saturated carbocycles. The van der Waals surface area contributed by atoms with Crippen molar-refractivity contribution in [3.05, 3.63) is 0 Å². The monoisotopic (exact) mass is 507 g/mol. The van der Waals surface area contributed by atoms with E-state index in [0.717, 1.165) is 37.4 Å². The highest BCUT2D eigenvalue weighted by Gasteiger charge is 2.22. The fourth-order valence-electron chi connectivity index (χ4n) is 2.72. The fourth-order valence-corrected chi connectivity index (χ4v) is 4.15. The Morgan fingerprint density at radius 2 is 1.67 bits per heavy atom. The third-order valence-electron chi connectivity index (χ3n) is 4.63. The van der Waals surface area contributed by atoms with Crippen LogP contribution >= 0.6 is 23.5 Å². The molecule has 0 aromatic rings. The van der Waals surface area contributed by atoms with E-state index in [1.54, 1.807) is 0 Å². The van der Waals surface area contributed by atoms with Gasteiger partial charge in [0.25, 0.3) is 0 Å². The molecule has 0 rings (SSSR count). The quantitative estimate of drug-likeness (QED) is 0.0506. The van der Waals surface area contributed by atoms with Crippen molar-refractivity contribution in [1.82, 2.24) is 10.6 Å². The van der Waals surface area contributed by atoms with Crippen molar-refractivity contribution in [3.63, 3.8) is 0 Å². The van der Waals surface area contributed by atoms with Crippen LogP contribution < -0.4 is 26.6 Å². The maximum absolute atomic E-state index is 12.3. The zero-order valence-corrected chi connectivity index (χ0v) is 20.6. The van der Waals surface area contributed by atoms with Crippen LogP contribution in [0.2, 0.25) is 0 Å². The molecule has 33 heavy (non-hydrogen) atoms. The highest BCUT2D eigenvalue weighted by Crippen LogP contribution is 2.15. The second-order valence-electron chi connectivity index (χ2n) is 7.43. The van der Waals surface area contributed by atoms with Crippen LogP contribution in [0.1, 0.15) is 57.8 Å². The molecule has 0 aromatic carbocycles. The van der Waals surface area contributed by atoms with Gasteiger partial charge in [-0.1, -0.05) is 30.8 Å². The normalized spacial score (nSPS) is 13.2. The summed E-state index contributed by atoms with van der Waals surface area (Å²) < 4.78 is 0. The summed E-state index contributed by atoms with van der Waals surface area (Å²) in [5, 5.41) is 38.8. The third-order valence-corrected chi connectivity index (χ3v) is 6.45. The Labute approximate surface area is 202 Å². The lowest BCUT2D eigenvalue weighted by Gasteiger charge is -2.19. The van der Waals surface area contributed by atoms with E-state index in [9.17, 15) is 34.6 Å². The van der Waals surface area contributed by atoms with Crippen molar-refractivity contribution < 1.29 is 40.3 Å². The molecule has 6 N–H and O–H groups in total. The molecule has 0 spiro atoms. The van der Waals surface area contributed by atoms with E-state index in [-0.39, 0.29) is 18.6 Å². The van der Waals surface area contributed by atoms with Gasteiger partial charge in [-0.25, -0.2) is 0 Å². The Balaban J connectivity index is 4.60. The van der Waals surface area contributed by atoms with Gasteiger partial charge in [0.1, 0.15) is 17.1 Å². The van der Waals surface area contributed by atoms with Gasteiger partial charge in [0, 0.05) is 18.6 Å². The minimum atomic E-state index is -1.49. The molecule has 190 valence electrons. The summed E-state index contributed by atoms with van der Waals surface area (Å²) in [6.07, 6.45) is 8.76. The minimum absolute atomic E-state index is 0.00693. The molecule has 0 radical (unpaired) electrons. The number of quaternary nitrogens is 1. The number of carboxylic acid groups (broad SMARTS) is 2. The molecular formula is C20H35N4O7S2-. The Kier molecular flexibility index (Phi) is 18.3. The highest BCUT2D eigenvalue weighted by atomic mass is 32.2. The lowest BCUT2D eigenvalue weighted by Crippen LogP contribution is -2.68. The number of hydrogen-bond donors (Lipinski definition) is 4. The molecule has 0 aliphatic carbocycles. The van der Waals surface area contributed by atoms with Gasteiger partial charge in [-0.15, -0.1) is 11.8 Å². The van der Waals surface area contributed by atoms with Crippen molar-refractivity contribution in [2.24, 2.45) is 5.16 Å². The standard InChI is InChI=1S/C20H36N4O7S2/c1-32-11-7-5-3-2-4-6-8-17(24-31)33-13-15(19(28)22-12-18(26)27)23-16(25)10-9-14(21)20(29)30/h14-15,31H,2-13,21H2,1H3,(H,22,28)(H,23,25)(H,26,27)(H,29,30)/p-1/b24-17+/t14-,15-/m0/s1. The number of hydrogen-bond acceptors (Lipinski definition) is 10. The number of aliphatic carboxylic acids is 2. The van der Waals surface area contributed by atoms with Crippen molar-refractivity contribution in [3.8, 4) is 0 Å². The molecule has 0 aliphatic rings. The summed E-state index contributed by atoms with van der Waals surface area (Å²) in [5.74, 6) is -3.03. The van der Waals surface area contributed by atoms with Gasteiger partial charge in [0.05, 0.1) is 18.5 Å². The predicted octanol–water partition coefficient (Wildman–Crippen LogP) is -1.91. The van der Waals surface area contributed by atoms with E-state index in [2.05, 4.69) is 27.8 Å². The molecule has 0 bridgehead atoms. The van der Waals surface area contributed by atoms with Gasteiger partial charge >= 0.3 is 0 Å². The van der Waals surface area contributed by atoms with Gasteiger partial charge in [-0.2, -0.15) is 11.8 Å². The molecule has 2 amide bonds. The largest absolute Gasteiger partial charge is 0.548 e. The minimum Gasteiger partial charge on any atom is -0.548 e. The summed E-state index contributed by atoms with van der Waals surface area (Å²) in [6.45, 7) is -0.723. The van der Waals surface area contributed by atoms with Gasteiger partial charge in [0.2, 0.25) is 11.8 Å². The third kappa shape index (κ3) is 17.2. The number of nitrogens with zero attached hydrogens (tertiary/aromatic N) is 1. The van der Waals surface area contributed by atoms with E-state index in [1.165, 1.54) is 18.6 Å². The summed E-state index contributed by atoms with van der Waals surface area (Å²) in [6, 6.07) is -2.18. The number of unbranched alkanes of at least 4 members (excludes halogenated alkanes) is 5. The van der Waals surface area contributed by atoms with E-state index in [0.29, 0.717) is 11.5 Å². The first-order chi connectivity index (χ1) is 15.7. The number of rotatable bonds is 19. The molecule has 0 unspecified atom stereocenters. The Morgan fingerprint density at radius 1 is 1.03 bits per heavy atom. The van der Waals surface area contributed by atoms with Crippen molar-refractivity contribution in [1.29, 1.82) is 0 Å². The van der Waals surface area contributed by atoms with Crippen LogP contribution in [0.15, 0.2) is 5.16 Å². The molecule has 0 heterocycles. The van der Waals surface area contributed by atoms with Crippen molar-refractivity contribution in [2.75, 3.05) is 24.3 Å². The number of oxime groups is 1. The van der Waals surface area contributed by atoms with Gasteiger partial charge in [-0.05, 0) is 31.3 Å². The van der Waals surface area contributed by atoms with E-state index in [1.807, 2.05) is 11.8 Å². The zero-order chi connectivity index (χ0) is 25.1. The number of carboxylic acids is 2. The summed E-state index contributed by atoms with van der Waals surface area (Å²) in [5.41, 5.74) is 3.36. The van der Waals surface area contributed by atoms with Crippen LogP contribution in [-0.4, -0.2) is 70.4 Å². The predicted molar refractivity (Wildman–Crippen MR) is 123 cm³/mol.